The molecule has 0 aliphatic carbocycles. The zero-order valence-corrected chi connectivity index (χ0v) is 12.7. The Hall–Kier alpha value is -0.680. The van der Waals surface area contributed by atoms with Gasteiger partial charge in [-0.25, -0.2) is 0 Å². The molecule has 2 aromatic rings. The van der Waals surface area contributed by atoms with Gasteiger partial charge < -0.3 is 10.6 Å². The summed E-state index contributed by atoms with van der Waals surface area (Å²) in [6.07, 6.45) is 2.63. The Bertz CT molecular complexity index is 484. The fraction of sp³-hybridized carbons (Fsp3) is 0.467. The summed E-state index contributed by atoms with van der Waals surface area (Å²) in [5.74, 6) is 0.859. The van der Waals surface area contributed by atoms with Gasteiger partial charge >= 0.3 is 0 Å². The van der Waals surface area contributed by atoms with Crippen LogP contribution in [0.25, 0.3) is 11.1 Å². The number of piperidine rings is 1. The molecular weight excluding hydrogens is 272 g/mol. The number of rotatable bonds is 5. The summed E-state index contributed by atoms with van der Waals surface area (Å²) in [7, 11) is 0. The van der Waals surface area contributed by atoms with Crippen LogP contribution >= 0.6 is 22.7 Å². The second kappa shape index (κ2) is 6.66. The standard InChI is InChI=1S/C15H20N2S2/c1-4-16-5-2-12(1)8-17-9-15-7-14(11-19-15)13-3-6-18-10-13/h3,6-7,10-12,16-17H,1-2,4-5,8-9H2. The maximum absolute atomic E-state index is 3.62. The lowest BCUT2D eigenvalue weighted by molar-refractivity contribution is 0.357. The van der Waals surface area contributed by atoms with Gasteiger partial charge in [0.1, 0.15) is 0 Å². The van der Waals surface area contributed by atoms with Gasteiger partial charge in [-0.15, -0.1) is 11.3 Å². The lowest BCUT2D eigenvalue weighted by Gasteiger charge is -2.22. The average molecular weight is 292 g/mol. The van der Waals surface area contributed by atoms with Crippen LogP contribution in [0.4, 0.5) is 0 Å². The minimum Gasteiger partial charge on any atom is -0.317 e. The van der Waals surface area contributed by atoms with E-state index in [9.17, 15) is 0 Å². The van der Waals surface area contributed by atoms with E-state index < -0.39 is 0 Å². The first-order valence-corrected chi connectivity index (χ1v) is 8.75. The van der Waals surface area contributed by atoms with Crippen LogP contribution in [0.15, 0.2) is 28.3 Å². The molecule has 1 saturated heterocycles. The average Bonchev–Trinajstić information content (AvgIpc) is 3.10. The number of thiophene rings is 2. The minimum absolute atomic E-state index is 0.859. The third kappa shape index (κ3) is 3.66. The monoisotopic (exact) mass is 292 g/mol. The molecule has 0 saturated carbocycles. The van der Waals surface area contributed by atoms with E-state index in [0.717, 1.165) is 19.0 Å². The predicted octanol–water partition coefficient (Wildman–Crippen LogP) is 3.57. The Morgan fingerprint density at radius 2 is 2.11 bits per heavy atom. The topological polar surface area (TPSA) is 24.1 Å². The maximum atomic E-state index is 3.62. The first-order chi connectivity index (χ1) is 9.42. The molecule has 2 nitrogen and oxygen atoms in total. The first-order valence-electron chi connectivity index (χ1n) is 6.93. The molecule has 0 spiro atoms. The quantitative estimate of drug-likeness (QED) is 0.880. The minimum atomic E-state index is 0.859. The lowest BCUT2D eigenvalue weighted by Crippen LogP contribution is -2.33. The van der Waals surface area contributed by atoms with Gasteiger partial charge in [0.25, 0.3) is 0 Å². The molecule has 0 radical (unpaired) electrons. The van der Waals surface area contributed by atoms with Crippen LogP contribution in [0.1, 0.15) is 17.7 Å². The third-order valence-corrected chi connectivity index (χ3v) is 5.32. The van der Waals surface area contributed by atoms with Crippen LogP contribution in [0, 0.1) is 5.92 Å². The second-order valence-corrected chi connectivity index (χ2v) is 6.91. The van der Waals surface area contributed by atoms with E-state index in [0.29, 0.717) is 0 Å². The Kier molecular flexibility index (Phi) is 4.66. The molecule has 1 aliphatic heterocycles. The zero-order chi connectivity index (χ0) is 12.9. The first kappa shape index (κ1) is 13.3. The highest BCUT2D eigenvalue weighted by Gasteiger charge is 2.12. The van der Waals surface area contributed by atoms with E-state index in [1.54, 1.807) is 11.3 Å². The summed E-state index contributed by atoms with van der Waals surface area (Å²) in [6, 6.07) is 4.51. The fourth-order valence-corrected chi connectivity index (χ4v) is 4.07. The van der Waals surface area contributed by atoms with Crippen molar-refractivity contribution in [3.63, 3.8) is 0 Å². The normalized spacial score (nSPS) is 16.8. The maximum Gasteiger partial charge on any atom is 0.0300 e. The van der Waals surface area contributed by atoms with E-state index >= 15 is 0 Å². The van der Waals surface area contributed by atoms with E-state index in [2.05, 4.69) is 38.9 Å². The number of hydrogen-bond donors (Lipinski definition) is 2. The van der Waals surface area contributed by atoms with Gasteiger partial charge in [0, 0.05) is 11.4 Å². The van der Waals surface area contributed by atoms with Crippen LogP contribution in [-0.4, -0.2) is 19.6 Å². The molecule has 3 rings (SSSR count). The number of hydrogen-bond acceptors (Lipinski definition) is 4. The van der Waals surface area contributed by atoms with Crippen molar-refractivity contribution in [1.82, 2.24) is 10.6 Å². The Morgan fingerprint density at radius 1 is 1.21 bits per heavy atom. The molecule has 2 N–H and O–H groups in total. The highest BCUT2D eigenvalue weighted by atomic mass is 32.1. The Morgan fingerprint density at radius 3 is 2.89 bits per heavy atom. The summed E-state index contributed by atoms with van der Waals surface area (Å²) in [6.45, 7) is 4.55. The molecule has 1 aliphatic rings. The zero-order valence-electron chi connectivity index (χ0n) is 11.0. The van der Waals surface area contributed by atoms with Crippen LogP contribution in [0.2, 0.25) is 0 Å². The molecule has 4 heteroatoms. The van der Waals surface area contributed by atoms with Crippen LogP contribution in [0.3, 0.4) is 0 Å². The van der Waals surface area contributed by atoms with Gasteiger partial charge in [-0.05, 0) is 77.8 Å². The molecule has 2 aromatic heterocycles. The summed E-state index contributed by atoms with van der Waals surface area (Å²) < 4.78 is 0. The van der Waals surface area contributed by atoms with Crippen molar-refractivity contribution < 1.29 is 0 Å². The molecule has 0 bridgehead atoms. The molecule has 0 amide bonds. The van der Waals surface area contributed by atoms with Gasteiger partial charge in [-0.1, -0.05) is 0 Å². The molecule has 0 aromatic carbocycles. The van der Waals surface area contributed by atoms with Gasteiger partial charge in [-0.2, -0.15) is 11.3 Å². The Labute approximate surface area is 122 Å². The van der Waals surface area contributed by atoms with E-state index in [-0.39, 0.29) is 0 Å². The van der Waals surface area contributed by atoms with Crippen molar-refractivity contribution in [3.05, 3.63) is 33.2 Å². The Balaban J connectivity index is 1.48. The largest absolute Gasteiger partial charge is 0.317 e. The summed E-state index contributed by atoms with van der Waals surface area (Å²) >= 11 is 3.63. The predicted molar refractivity (Wildman–Crippen MR) is 84.9 cm³/mol. The van der Waals surface area contributed by atoms with Crippen molar-refractivity contribution in [2.45, 2.75) is 19.4 Å². The molecule has 0 unspecified atom stereocenters. The van der Waals surface area contributed by atoms with Gasteiger partial charge in [-0.3, -0.25) is 0 Å². The summed E-state index contributed by atoms with van der Waals surface area (Å²) in [4.78, 5) is 1.44. The summed E-state index contributed by atoms with van der Waals surface area (Å²) in [5, 5.41) is 13.7. The molecule has 1 fully saturated rings. The molecule has 0 atom stereocenters. The van der Waals surface area contributed by atoms with Crippen molar-refractivity contribution in [1.29, 1.82) is 0 Å². The van der Waals surface area contributed by atoms with E-state index in [1.807, 2.05) is 11.3 Å². The van der Waals surface area contributed by atoms with E-state index in [4.69, 9.17) is 0 Å². The molecular formula is C15H20N2S2. The highest BCUT2D eigenvalue weighted by Crippen LogP contribution is 2.27. The van der Waals surface area contributed by atoms with Gasteiger partial charge in [0.2, 0.25) is 0 Å². The lowest BCUT2D eigenvalue weighted by atomic mass is 9.98. The van der Waals surface area contributed by atoms with Gasteiger partial charge in [0.05, 0.1) is 0 Å². The second-order valence-electron chi connectivity index (χ2n) is 5.14. The smallest absolute Gasteiger partial charge is 0.0300 e. The van der Waals surface area contributed by atoms with Gasteiger partial charge in [0.15, 0.2) is 0 Å². The van der Waals surface area contributed by atoms with Crippen molar-refractivity contribution in [3.8, 4) is 11.1 Å². The highest BCUT2D eigenvalue weighted by molar-refractivity contribution is 7.10. The van der Waals surface area contributed by atoms with Crippen LogP contribution in [-0.2, 0) is 6.54 Å². The molecule has 3 heterocycles. The van der Waals surface area contributed by atoms with Crippen LogP contribution in [0.5, 0.6) is 0 Å². The van der Waals surface area contributed by atoms with Crippen LogP contribution < -0.4 is 10.6 Å². The molecule has 102 valence electrons. The van der Waals surface area contributed by atoms with Crippen molar-refractivity contribution in [2.24, 2.45) is 5.92 Å². The SMILES string of the molecule is c1cc(-c2csc(CNCC3CCNCC3)c2)cs1. The third-order valence-electron chi connectivity index (χ3n) is 3.70. The fourth-order valence-electron chi connectivity index (χ4n) is 2.54. The van der Waals surface area contributed by atoms with Crippen molar-refractivity contribution in [2.75, 3.05) is 19.6 Å². The number of nitrogens with one attached hydrogen (secondary N) is 2. The molecule has 19 heavy (non-hydrogen) atoms. The van der Waals surface area contributed by atoms with Crippen molar-refractivity contribution >= 4 is 22.7 Å². The van der Waals surface area contributed by atoms with E-state index in [1.165, 1.54) is 41.9 Å². The summed E-state index contributed by atoms with van der Waals surface area (Å²) in [5.41, 5.74) is 2.72.